The molecule has 1 amide bonds. The van der Waals surface area contributed by atoms with Gasteiger partial charge in [-0.15, -0.1) is 0 Å². The van der Waals surface area contributed by atoms with Crippen LogP contribution in [0.1, 0.15) is 10.4 Å². The van der Waals surface area contributed by atoms with Crippen molar-refractivity contribution in [3.63, 3.8) is 0 Å². The van der Waals surface area contributed by atoms with Gasteiger partial charge in [-0.2, -0.15) is 0 Å². The summed E-state index contributed by atoms with van der Waals surface area (Å²) < 4.78 is 7.55. The molecule has 128 valence electrons. The molecule has 5 heteroatoms. The Morgan fingerprint density at radius 2 is 1.88 bits per heavy atom. The topological polar surface area (TPSA) is 60.1 Å². The first-order valence-electron chi connectivity index (χ1n) is 8.27. The molecule has 0 aliphatic rings. The lowest BCUT2D eigenvalue weighted by atomic mass is 10.0. The lowest BCUT2D eigenvalue weighted by Gasteiger charge is -2.12. The molecule has 0 spiro atoms. The number of aromatic nitrogens is 2. The van der Waals surface area contributed by atoms with Gasteiger partial charge >= 0.3 is 0 Å². The monoisotopic (exact) mass is 343 g/mol. The summed E-state index contributed by atoms with van der Waals surface area (Å²) in [4.78, 5) is 16.5. The van der Waals surface area contributed by atoms with Crippen LogP contribution in [0, 0.1) is 0 Å². The standard InChI is InChI=1S/C21H17N3O2/c1-22-21(25)15-6-4-7-16(14-15)24-12-11-23-20(24)18-9-3-2-8-17(18)19-10-5-13-26-19/h2-14H,1H3,(H,22,25). The van der Waals surface area contributed by atoms with Gasteiger partial charge in [-0.25, -0.2) is 4.98 Å². The number of benzene rings is 2. The highest BCUT2D eigenvalue weighted by Crippen LogP contribution is 2.32. The van der Waals surface area contributed by atoms with Crippen LogP contribution >= 0.6 is 0 Å². The highest BCUT2D eigenvalue weighted by molar-refractivity contribution is 5.94. The van der Waals surface area contributed by atoms with Crippen LogP contribution in [-0.4, -0.2) is 22.5 Å². The van der Waals surface area contributed by atoms with E-state index in [1.807, 2.05) is 65.4 Å². The fraction of sp³-hybridized carbons (Fsp3) is 0.0476. The Balaban J connectivity index is 1.84. The minimum absolute atomic E-state index is 0.121. The zero-order chi connectivity index (χ0) is 17.9. The predicted molar refractivity (Wildman–Crippen MR) is 100 cm³/mol. The van der Waals surface area contributed by atoms with E-state index in [2.05, 4.69) is 10.3 Å². The summed E-state index contributed by atoms with van der Waals surface area (Å²) in [7, 11) is 1.62. The number of hydrogen-bond acceptors (Lipinski definition) is 3. The van der Waals surface area contributed by atoms with Crippen LogP contribution in [-0.2, 0) is 0 Å². The Morgan fingerprint density at radius 1 is 1.04 bits per heavy atom. The number of hydrogen-bond donors (Lipinski definition) is 1. The van der Waals surface area contributed by atoms with E-state index in [4.69, 9.17) is 4.42 Å². The molecule has 0 unspecified atom stereocenters. The van der Waals surface area contributed by atoms with Crippen LogP contribution in [0.2, 0.25) is 0 Å². The van der Waals surface area contributed by atoms with Crippen molar-refractivity contribution in [2.24, 2.45) is 0 Å². The number of furan rings is 1. The van der Waals surface area contributed by atoms with Gasteiger partial charge in [0.1, 0.15) is 11.6 Å². The van der Waals surface area contributed by atoms with Gasteiger partial charge in [0, 0.05) is 41.8 Å². The number of amides is 1. The van der Waals surface area contributed by atoms with E-state index in [9.17, 15) is 4.79 Å². The van der Waals surface area contributed by atoms with E-state index in [0.29, 0.717) is 5.56 Å². The molecule has 2 aromatic carbocycles. The maximum Gasteiger partial charge on any atom is 0.251 e. The highest BCUT2D eigenvalue weighted by atomic mass is 16.3. The van der Waals surface area contributed by atoms with Gasteiger partial charge in [0.25, 0.3) is 5.91 Å². The average molecular weight is 343 g/mol. The van der Waals surface area contributed by atoms with Gasteiger partial charge in [0.15, 0.2) is 0 Å². The molecule has 5 nitrogen and oxygen atoms in total. The van der Waals surface area contributed by atoms with Crippen LogP contribution in [0.5, 0.6) is 0 Å². The molecule has 0 radical (unpaired) electrons. The Bertz CT molecular complexity index is 1050. The van der Waals surface area contributed by atoms with Gasteiger partial charge in [-0.05, 0) is 30.3 Å². The number of nitrogens with one attached hydrogen (secondary N) is 1. The normalized spacial score (nSPS) is 10.7. The molecule has 0 aliphatic heterocycles. The molecular weight excluding hydrogens is 326 g/mol. The Morgan fingerprint density at radius 3 is 2.65 bits per heavy atom. The summed E-state index contributed by atoms with van der Waals surface area (Å²) in [6, 6.07) is 19.2. The molecule has 4 aromatic rings. The van der Waals surface area contributed by atoms with Crippen LogP contribution in [0.3, 0.4) is 0 Å². The first-order valence-corrected chi connectivity index (χ1v) is 8.27. The summed E-state index contributed by atoms with van der Waals surface area (Å²) in [6.07, 6.45) is 5.30. The summed E-state index contributed by atoms with van der Waals surface area (Å²) in [5, 5.41) is 2.65. The number of nitrogens with zero attached hydrogens (tertiary/aromatic N) is 2. The minimum Gasteiger partial charge on any atom is -0.464 e. The first kappa shape index (κ1) is 15.9. The molecule has 4 rings (SSSR count). The lowest BCUT2D eigenvalue weighted by molar-refractivity contribution is 0.0963. The molecule has 2 heterocycles. The van der Waals surface area contributed by atoms with E-state index in [1.54, 1.807) is 25.6 Å². The van der Waals surface area contributed by atoms with Crippen LogP contribution in [0.25, 0.3) is 28.4 Å². The fourth-order valence-corrected chi connectivity index (χ4v) is 2.98. The van der Waals surface area contributed by atoms with Crippen molar-refractivity contribution in [1.29, 1.82) is 0 Å². The van der Waals surface area contributed by atoms with Crippen molar-refractivity contribution >= 4 is 5.91 Å². The molecular formula is C21H17N3O2. The zero-order valence-electron chi connectivity index (χ0n) is 14.2. The fourth-order valence-electron chi connectivity index (χ4n) is 2.98. The average Bonchev–Trinajstić information content (AvgIpc) is 3.39. The van der Waals surface area contributed by atoms with E-state index >= 15 is 0 Å². The highest BCUT2D eigenvalue weighted by Gasteiger charge is 2.15. The van der Waals surface area contributed by atoms with Gasteiger partial charge in [-0.1, -0.05) is 30.3 Å². The van der Waals surface area contributed by atoms with Gasteiger partial charge in [-0.3, -0.25) is 9.36 Å². The Kier molecular flexibility index (Phi) is 4.11. The van der Waals surface area contributed by atoms with Crippen molar-refractivity contribution in [2.45, 2.75) is 0 Å². The van der Waals surface area contributed by atoms with E-state index < -0.39 is 0 Å². The molecule has 0 aliphatic carbocycles. The third-order valence-electron chi connectivity index (χ3n) is 4.21. The van der Waals surface area contributed by atoms with Crippen LogP contribution in [0.4, 0.5) is 0 Å². The second-order valence-electron chi connectivity index (χ2n) is 5.77. The van der Waals surface area contributed by atoms with Gasteiger partial charge in [0.2, 0.25) is 0 Å². The second-order valence-corrected chi connectivity index (χ2v) is 5.77. The molecule has 0 saturated heterocycles. The molecule has 1 N–H and O–H groups in total. The third kappa shape index (κ3) is 2.80. The summed E-state index contributed by atoms with van der Waals surface area (Å²) in [5.41, 5.74) is 3.39. The third-order valence-corrected chi connectivity index (χ3v) is 4.21. The van der Waals surface area contributed by atoms with E-state index in [1.165, 1.54) is 0 Å². The smallest absolute Gasteiger partial charge is 0.251 e. The lowest BCUT2D eigenvalue weighted by Crippen LogP contribution is -2.17. The number of carbonyl (C=O) groups is 1. The van der Waals surface area contributed by atoms with Gasteiger partial charge < -0.3 is 9.73 Å². The minimum atomic E-state index is -0.121. The summed E-state index contributed by atoms with van der Waals surface area (Å²) >= 11 is 0. The largest absolute Gasteiger partial charge is 0.464 e. The predicted octanol–water partition coefficient (Wildman–Crippen LogP) is 4.16. The van der Waals surface area contributed by atoms with Crippen molar-refractivity contribution in [3.05, 3.63) is 84.9 Å². The van der Waals surface area contributed by atoms with Crippen molar-refractivity contribution in [2.75, 3.05) is 7.05 Å². The van der Waals surface area contributed by atoms with Crippen LogP contribution in [0.15, 0.2) is 83.7 Å². The van der Waals surface area contributed by atoms with E-state index in [0.717, 1.165) is 28.4 Å². The molecule has 0 fully saturated rings. The van der Waals surface area contributed by atoms with Crippen molar-refractivity contribution in [1.82, 2.24) is 14.9 Å². The SMILES string of the molecule is CNC(=O)c1cccc(-n2ccnc2-c2ccccc2-c2ccco2)c1. The van der Waals surface area contributed by atoms with Crippen LogP contribution < -0.4 is 5.32 Å². The molecule has 26 heavy (non-hydrogen) atoms. The first-order chi connectivity index (χ1) is 12.8. The quantitative estimate of drug-likeness (QED) is 0.605. The zero-order valence-corrected chi connectivity index (χ0v) is 14.2. The molecule has 2 aromatic heterocycles. The number of rotatable bonds is 4. The van der Waals surface area contributed by atoms with Gasteiger partial charge in [0.05, 0.1) is 6.26 Å². The maximum atomic E-state index is 12.0. The molecule has 0 bridgehead atoms. The summed E-state index contributed by atoms with van der Waals surface area (Å²) in [5.74, 6) is 1.45. The number of imidazole rings is 1. The van der Waals surface area contributed by atoms with Crippen molar-refractivity contribution in [3.8, 4) is 28.4 Å². The Hall–Kier alpha value is -3.60. The summed E-state index contributed by atoms with van der Waals surface area (Å²) in [6.45, 7) is 0. The second kappa shape index (κ2) is 6.72. The number of carbonyl (C=O) groups excluding carboxylic acids is 1. The maximum absolute atomic E-state index is 12.0. The Labute approximate surface area is 150 Å². The van der Waals surface area contributed by atoms with E-state index in [-0.39, 0.29) is 5.91 Å². The molecule has 0 saturated carbocycles. The molecule has 0 atom stereocenters. The van der Waals surface area contributed by atoms with Crippen molar-refractivity contribution < 1.29 is 9.21 Å².